The summed E-state index contributed by atoms with van der Waals surface area (Å²) in [6.45, 7) is 2.80. The molecule has 1 saturated heterocycles. The average Bonchev–Trinajstić information content (AvgIpc) is 2.99. The number of carbonyl (C=O) groups is 1. The van der Waals surface area contributed by atoms with E-state index in [1.807, 2.05) is 24.3 Å². The van der Waals surface area contributed by atoms with Crippen LogP contribution in [-0.4, -0.2) is 18.5 Å². The molecule has 3 rings (SSSR count). The van der Waals surface area contributed by atoms with Crippen molar-refractivity contribution < 1.29 is 8.98 Å². The van der Waals surface area contributed by atoms with Gasteiger partial charge in [0.25, 0.3) is 0 Å². The normalized spacial score (nSPS) is 17.1. The maximum atomic E-state index is 11.1. The van der Waals surface area contributed by atoms with E-state index in [0.29, 0.717) is 13.0 Å². The molecule has 2 aromatic rings. The fourth-order valence-electron chi connectivity index (χ4n) is 2.62. The van der Waals surface area contributed by atoms with Gasteiger partial charge in [-0.3, -0.25) is 4.79 Å². The Bertz CT molecular complexity index is 676. The van der Waals surface area contributed by atoms with E-state index in [-0.39, 0.29) is 11.9 Å². The lowest BCUT2D eigenvalue weighted by molar-refractivity contribution is -0.119. The van der Waals surface area contributed by atoms with Crippen LogP contribution in [0.15, 0.2) is 48.5 Å². The Morgan fingerprint density at radius 2 is 2.09 bits per heavy atom. The van der Waals surface area contributed by atoms with Crippen molar-refractivity contribution in [2.45, 2.75) is 25.8 Å². The Hall–Kier alpha value is -1.98. The molecule has 5 heteroatoms. The minimum atomic E-state index is 0.133. The molecule has 1 fully saturated rings. The van der Waals surface area contributed by atoms with E-state index in [9.17, 15) is 4.79 Å². The molecule has 0 saturated carbocycles. The molecule has 1 aliphatic rings. The van der Waals surface area contributed by atoms with E-state index >= 15 is 0 Å². The number of nitrogens with one attached hydrogen (secondary N) is 2. The number of hydrogen-bond acceptors (Lipinski definition) is 4. The summed E-state index contributed by atoms with van der Waals surface area (Å²) in [6, 6.07) is 16.6. The van der Waals surface area contributed by atoms with Gasteiger partial charge in [-0.05, 0) is 42.2 Å². The minimum Gasteiger partial charge on any atom is -0.410 e. The topological polar surface area (TPSA) is 50.4 Å². The van der Waals surface area contributed by atoms with Gasteiger partial charge in [-0.2, -0.15) is 0 Å². The maximum Gasteiger partial charge on any atom is 0.220 e. The molecule has 1 unspecified atom stereocenters. The van der Waals surface area contributed by atoms with Crippen molar-refractivity contribution in [2.24, 2.45) is 0 Å². The number of amides is 1. The highest BCUT2D eigenvalue weighted by Gasteiger charge is 2.20. The SMILES string of the molecule is Cc1ccc(OSNCC2CCC(=O)N2)cc1-c1ccccc1. The lowest BCUT2D eigenvalue weighted by Gasteiger charge is -2.12. The van der Waals surface area contributed by atoms with Crippen molar-refractivity contribution in [3.05, 3.63) is 54.1 Å². The summed E-state index contributed by atoms with van der Waals surface area (Å²) in [7, 11) is 0. The predicted octanol–water partition coefficient (Wildman–Crippen LogP) is 3.47. The summed E-state index contributed by atoms with van der Waals surface area (Å²) in [6.07, 6.45) is 1.51. The van der Waals surface area contributed by atoms with Crippen LogP contribution in [0.25, 0.3) is 11.1 Å². The molecule has 1 amide bonds. The van der Waals surface area contributed by atoms with Crippen molar-refractivity contribution in [1.29, 1.82) is 0 Å². The Kier molecular flexibility index (Phi) is 5.20. The van der Waals surface area contributed by atoms with Crippen LogP contribution in [0, 0.1) is 6.92 Å². The summed E-state index contributed by atoms with van der Waals surface area (Å²) >= 11 is 1.20. The zero-order chi connectivity index (χ0) is 16.1. The molecule has 2 aromatic carbocycles. The van der Waals surface area contributed by atoms with Gasteiger partial charge in [0.1, 0.15) is 18.0 Å². The molecule has 0 radical (unpaired) electrons. The molecule has 0 aromatic heterocycles. The van der Waals surface area contributed by atoms with E-state index in [0.717, 1.165) is 12.2 Å². The maximum absolute atomic E-state index is 11.1. The van der Waals surface area contributed by atoms with Crippen LogP contribution >= 0.6 is 12.2 Å². The summed E-state index contributed by atoms with van der Waals surface area (Å²) in [4.78, 5) is 11.1. The molecule has 1 aliphatic heterocycles. The number of benzene rings is 2. The third-order valence-electron chi connectivity index (χ3n) is 3.91. The Balaban J connectivity index is 1.55. The number of aryl methyl sites for hydroxylation is 1. The van der Waals surface area contributed by atoms with Crippen LogP contribution in [0.5, 0.6) is 5.75 Å². The van der Waals surface area contributed by atoms with Crippen molar-refractivity contribution in [2.75, 3.05) is 6.54 Å². The molecule has 0 aliphatic carbocycles. The molecule has 0 spiro atoms. The molecule has 1 atom stereocenters. The van der Waals surface area contributed by atoms with Gasteiger partial charge in [-0.25, -0.2) is 4.72 Å². The van der Waals surface area contributed by atoms with Crippen LogP contribution in [0.2, 0.25) is 0 Å². The van der Waals surface area contributed by atoms with Crippen molar-refractivity contribution in [3.63, 3.8) is 0 Å². The third-order valence-corrected chi connectivity index (χ3v) is 4.47. The Morgan fingerprint density at radius 1 is 1.26 bits per heavy atom. The van der Waals surface area contributed by atoms with Gasteiger partial charge in [0.05, 0.1) is 0 Å². The fraction of sp³-hybridized carbons (Fsp3) is 0.278. The summed E-state index contributed by atoms with van der Waals surface area (Å²) in [5.74, 6) is 0.941. The van der Waals surface area contributed by atoms with E-state index in [2.05, 4.69) is 41.2 Å². The zero-order valence-electron chi connectivity index (χ0n) is 13.0. The van der Waals surface area contributed by atoms with Crippen molar-refractivity contribution in [3.8, 4) is 16.9 Å². The molecule has 120 valence electrons. The second kappa shape index (κ2) is 7.53. The standard InChI is InChI=1S/C18H20N2O2S/c1-13-7-9-16(11-17(13)14-5-3-2-4-6-14)22-23-19-12-15-8-10-18(21)20-15/h2-7,9,11,15,19H,8,10,12H2,1H3,(H,20,21). The highest BCUT2D eigenvalue weighted by Crippen LogP contribution is 2.28. The zero-order valence-corrected chi connectivity index (χ0v) is 13.9. The molecule has 23 heavy (non-hydrogen) atoms. The van der Waals surface area contributed by atoms with E-state index in [1.54, 1.807) is 0 Å². The lowest BCUT2D eigenvalue weighted by Crippen LogP contribution is -2.33. The highest BCUT2D eigenvalue weighted by atomic mass is 32.2. The fourth-order valence-corrected chi connectivity index (χ4v) is 3.15. The molecule has 4 nitrogen and oxygen atoms in total. The molecule has 1 heterocycles. The van der Waals surface area contributed by atoms with Crippen LogP contribution < -0.4 is 14.2 Å². The van der Waals surface area contributed by atoms with Gasteiger partial charge in [-0.1, -0.05) is 36.4 Å². The quantitative estimate of drug-likeness (QED) is 0.484. The van der Waals surface area contributed by atoms with Crippen LogP contribution in [-0.2, 0) is 4.79 Å². The Morgan fingerprint density at radius 3 is 2.83 bits per heavy atom. The molecular formula is C18H20N2O2S. The van der Waals surface area contributed by atoms with Gasteiger partial charge in [0.15, 0.2) is 0 Å². The predicted molar refractivity (Wildman–Crippen MR) is 94.0 cm³/mol. The number of carbonyl (C=O) groups excluding carboxylic acids is 1. The second-order valence-corrected chi connectivity index (χ2v) is 6.28. The first kappa shape index (κ1) is 15.9. The first-order valence-electron chi connectivity index (χ1n) is 7.74. The van der Waals surface area contributed by atoms with Crippen molar-refractivity contribution in [1.82, 2.24) is 10.0 Å². The number of hydrogen-bond donors (Lipinski definition) is 2. The van der Waals surface area contributed by atoms with Gasteiger partial charge in [-0.15, -0.1) is 0 Å². The highest BCUT2D eigenvalue weighted by molar-refractivity contribution is 7.93. The summed E-state index contributed by atoms with van der Waals surface area (Å²) in [5, 5.41) is 2.92. The monoisotopic (exact) mass is 328 g/mol. The third kappa shape index (κ3) is 4.27. The van der Waals surface area contributed by atoms with E-state index in [4.69, 9.17) is 4.18 Å². The second-order valence-electron chi connectivity index (χ2n) is 5.66. The first-order valence-corrected chi connectivity index (χ1v) is 8.48. The average molecular weight is 328 g/mol. The molecule has 0 bridgehead atoms. The van der Waals surface area contributed by atoms with Crippen molar-refractivity contribution >= 4 is 18.1 Å². The summed E-state index contributed by atoms with van der Waals surface area (Å²) < 4.78 is 8.85. The molecule has 2 N–H and O–H groups in total. The van der Waals surface area contributed by atoms with Crippen LogP contribution in [0.4, 0.5) is 0 Å². The smallest absolute Gasteiger partial charge is 0.220 e. The Labute approximate surface area is 141 Å². The summed E-state index contributed by atoms with van der Waals surface area (Å²) in [5.41, 5.74) is 3.57. The van der Waals surface area contributed by atoms with Gasteiger partial charge < -0.3 is 9.50 Å². The van der Waals surface area contributed by atoms with E-state index < -0.39 is 0 Å². The van der Waals surface area contributed by atoms with Crippen LogP contribution in [0.1, 0.15) is 18.4 Å². The van der Waals surface area contributed by atoms with Crippen LogP contribution in [0.3, 0.4) is 0 Å². The van der Waals surface area contributed by atoms with Gasteiger partial charge in [0.2, 0.25) is 5.91 Å². The number of rotatable bonds is 6. The first-order chi connectivity index (χ1) is 11.2. The van der Waals surface area contributed by atoms with E-state index in [1.165, 1.54) is 28.9 Å². The lowest BCUT2D eigenvalue weighted by atomic mass is 10.0. The minimum absolute atomic E-state index is 0.133. The van der Waals surface area contributed by atoms with Gasteiger partial charge >= 0.3 is 0 Å². The largest absolute Gasteiger partial charge is 0.410 e. The van der Waals surface area contributed by atoms with Gasteiger partial charge in [0, 0.05) is 19.0 Å². The molecular weight excluding hydrogens is 308 g/mol.